The number of fused-ring (bicyclic) bond motifs is 10. The van der Waals surface area contributed by atoms with E-state index in [9.17, 15) is 0 Å². The Balaban J connectivity index is 1.92. The zero-order chi connectivity index (χ0) is 16.5. The summed E-state index contributed by atoms with van der Waals surface area (Å²) in [7, 11) is 0. The van der Waals surface area contributed by atoms with Crippen LogP contribution in [0.15, 0.2) is 67.1 Å². The Bertz CT molecular complexity index is 1320. The average molecular weight is 323 g/mol. The summed E-state index contributed by atoms with van der Waals surface area (Å²) in [6.45, 7) is 2.21. The number of imidazole rings is 1. The van der Waals surface area contributed by atoms with Crippen molar-refractivity contribution in [1.29, 1.82) is 0 Å². The molecule has 1 aliphatic rings. The molecule has 0 radical (unpaired) electrons. The highest BCUT2D eigenvalue weighted by Crippen LogP contribution is 2.39. The lowest BCUT2D eigenvalue weighted by Crippen LogP contribution is -2.38. The summed E-state index contributed by atoms with van der Waals surface area (Å²) in [6.07, 6.45) is 5.96. The SMILES string of the molecule is CC1n2c(nc3c4ccccc4c4ccccc4c32)-c2cncc[n+]21. The molecule has 1 atom stereocenters. The molecule has 4 nitrogen and oxygen atoms in total. The molecule has 2 aromatic heterocycles. The summed E-state index contributed by atoms with van der Waals surface area (Å²) < 4.78 is 4.58. The van der Waals surface area contributed by atoms with Crippen molar-refractivity contribution in [2.45, 2.75) is 13.1 Å². The van der Waals surface area contributed by atoms with Gasteiger partial charge in [0.05, 0.1) is 17.2 Å². The first-order valence-electron chi connectivity index (χ1n) is 8.51. The van der Waals surface area contributed by atoms with E-state index in [1.807, 2.05) is 18.6 Å². The molecular formula is C21H15N4+. The Morgan fingerprint density at radius 3 is 2.40 bits per heavy atom. The molecule has 3 aromatic carbocycles. The van der Waals surface area contributed by atoms with E-state index >= 15 is 0 Å². The van der Waals surface area contributed by atoms with Crippen molar-refractivity contribution < 1.29 is 4.57 Å². The van der Waals surface area contributed by atoms with Crippen molar-refractivity contribution >= 4 is 32.6 Å². The predicted molar refractivity (Wildman–Crippen MR) is 98.3 cm³/mol. The zero-order valence-corrected chi connectivity index (χ0v) is 13.7. The maximum absolute atomic E-state index is 5.07. The molecule has 0 saturated carbocycles. The lowest BCUT2D eigenvalue weighted by atomic mass is 10.00. The van der Waals surface area contributed by atoms with Gasteiger partial charge in [-0.3, -0.25) is 9.55 Å². The minimum absolute atomic E-state index is 0.183. The van der Waals surface area contributed by atoms with Gasteiger partial charge in [0.1, 0.15) is 6.20 Å². The van der Waals surface area contributed by atoms with Crippen LogP contribution in [0.1, 0.15) is 13.1 Å². The Morgan fingerprint density at radius 1 is 0.920 bits per heavy atom. The predicted octanol–water partition coefficient (Wildman–Crippen LogP) is 4.07. The second-order valence-corrected chi connectivity index (χ2v) is 6.59. The van der Waals surface area contributed by atoms with E-state index in [0.29, 0.717) is 0 Å². The maximum atomic E-state index is 5.07. The molecule has 0 spiro atoms. The second kappa shape index (κ2) is 4.42. The van der Waals surface area contributed by atoms with Gasteiger partial charge >= 0.3 is 0 Å². The summed E-state index contributed by atoms with van der Waals surface area (Å²) in [6, 6.07) is 17.2. The second-order valence-electron chi connectivity index (χ2n) is 6.59. The van der Waals surface area contributed by atoms with E-state index in [4.69, 9.17) is 4.98 Å². The molecule has 6 rings (SSSR count). The van der Waals surface area contributed by atoms with E-state index in [0.717, 1.165) is 17.0 Å². The smallest absolute Gasteiger partial charge is 0.259 e. The third-order valence-corrected chi connectivity index (χ3v) is 5.36. The fourth-order valence-corrected chi connectivity index (χ4v) is 4.27. The molecule has 118 valence electrons. The maximum Gasteiger partial charge on any atom is 0.269 e. The number of rotatable bonds is 0. The largest absolute Gasteiger partial charge is 0.269 e. The summed E-state index contributed by atoms with van der Waals surface area (Å²) in [5.41, 5.74) is 3.35. The minimum Gasteiger partial charge on any atom is -0.259 e. The summed E-state index contributed by atoms with van der Waals surface area (Å²) in [5.74, 6) is 0.997. The molecule has 0 aliphatic carbocycles. The molecule has 0 saturated heterocycles. The average Bonchev–Trinajstić information content (AvgIpc) is 3.19. The first-order valence-corrected chi connectivity index (χ1v) is 8.51. The van der Waals surface area contributed by atoms with Gasteiger partial charge in [-0.25, -0.2) is 4.98 Å². The molecule has 0 fully saturated rings. The summed E-state index contributed by atoms with van der Waals surface area (Å²) in [4.78, 5) is 9.38. The highest BCUT2D eigenvalue weighted by Gasteiger charge is 2.36. The van der Waals surface area contributed by atoms with E-state index in [-0.39, 0.29) is 6.17 Å². The van der Waals surface area contributed by atoms with E-state index in [1.165, 1.54) is 27.1 Å². The van der Waals surface area contributed by atoms with Crippen LogP contribution in [0.2, 0.25) is 0 Å². The monoisotopic (exact) mass is 323 g/mol. The van der Waals surface area contributed by atoms with Crippen molar-refractivity contribution in [3.63, 3.8) is 0 Å². The van der Waals surface area contributed by atoms with Crippen molar-refractivity contribution in [2.75, 3.05) is 0 Å². The molecule has 0 bridgehead atoms. The molecule has 0 N–H and O–H groups in total. The van der Waals surface area contributed by atoms with Crippen LogP contribution >= 0.6 is 0 Å². The van der Waals surface area contributed by atoms with Crippen LogP contribution in [-0.4, -0.2) is 14.5 Å². The van der Waals surface area contributed by atoms with E-state index in [2.05, 4.69) is 69.6 Å². The standard InChI is InChI=1S/C21H15N4/c1-13-24-11-10-22-12-18(24)21-23-19-16-8-4-2-6-14(16)15-7-3-5-9-17(15)20(19)25(13)21/h2-13H,1H3/q+1. The zero-order valence-electron chi connectivity index (χ0n) is 13.7. The first-order chi connectivity index (χ1) is 12.3. The quantitative estimate of drug-likeness (QED) is 0.318. The van der Waals surface area contributed by atoms with Gasteiger partial charge in [0, 0.05) is 17.7 Å². The normalized spacial score (nSPS) is 15.8. The molecule has 1 aliphatic heterocycles. The van der Waals surface area contributed by atoms with Crippen LogP contribution < -0.4 is 4.57 Å². The van der Waals surface area contributed by atoms with Gasteiger partial charge in [0.15, 0.2) is 6.20 Å². The molecule has 3 heterocycles. The van der Waals surface area contributed by atoms with Crippen molar-refractivity contribution in [2.24, 2.45) is 0 Å². The number of hydrogen-bond donors (Lipinski definition) is 0. The topological polar surface area (TPSA) is 34.6 Å². The molecule has 25 heavy (non-hydrogen) atoms. The van der Waals surface area contributed by atoms with Crippen molar-refractivity contribution in [3.8, 4) is 11.5 Å². The number of nitrogens with zero attached hydrogens (tertiary/aromatic N) is 4. The molecule has 0 amide bonds. The Hall–Kier alpha value is -3.27. The number of hydrogen-bond acceptors (Lipinski definition) is 2. The fourth-order valence-electron chi connectivity index (χ4n) is 4.27. The summed E-state index contributed by atoms with van der Waals surface area (Å²) in [5, 5.41) is 5.00. The van der Waals surface area contributed by atoms with Gasteiger partial charge in [-0.15, -0.1) is 0 Å². The Morgan fingerprint density at radius 2 is 1.60 bits per heavy atom. The first kappa shape index (κ1) is 13.1. The van der Waals surface area contributed by atoms with Crippen LogP contribution in [0.4, 0.5) is 0 Å². The van der Waals surface area contributed by atoms with E-state index in [1.54, 1.807) is 0 Å². The Kier molecular flexibility index (Phi) is 2.31. The van der Waals surface area contributed by atoms with Crippen LogP contribution in [0, 0.1) is 0 Å². The molecule has 1 unspecified atom stereocenters. The molecule has 4 heteroatoms. The van der Waals surface area contributed by atoms with Crippen LogP contribution in [0.25, 0.3) is 44.1 Å². The van der Waals surface area contributed by atoms with Crippen LogP contribution in [0.3, 0.4) is 0 Å². The van der Waals surface area contributed by atoms with Crippen molar-refractivity contribution in [3.05, 3.63) is 67.1 Å². The molecular weight excluding hydrogens is 308 g/mol. The van der Waals surface area contributed by atoms with Crippen LogP contribution in [0.5, 0.6) is 0 Å². The van der Waals surface area contributed by atoms with Gasteiger partial charge < -0.3 is 0 Å². The van der Waals surface area contributed by atoms with Gasteiger partial charge in [0.2, 0.25) is 12.0 Å². The third kappa shape index (κ3) is 1.50. The van der Waals surface area contributed by atoms with Gasteiger partial charge in [-0.05, 0) is 10.8 Å². The lowest BCUT2D eigenvalue weighted by molar-refractivity contribution is -0.706. The summed E-state index contributed by atoms with van der Waals surface area (Å²) >= 11 is 0. The number of benzene rings is 3. The fraction of sp³-hybridized carbons (Fsp3) is 0.0952. The minimum atomic E-state index is 0.183. The third-order valence-electron chi connectivity index (χ3n) is 5.36. The van der Waals surface area contributed by atoms with E-state index < -0.39 is 0 Å². The van der Waals surface area contributed by atoms with Gasteiger partial charge in [-0.1, -0.05) is 48.5 Å². The van der Waals surface area contributed by atoms with Crippen molar-refractivity contribution in [1.82, 2.24) is 14.5 Å². The lowest BCUT2D eigenvalue weighted by Gasteiger charge is -2.10. The number of aromatic nitrogens is 4. The molecule has 5 aromatic rings. The van der Waals surface area contributed by atoms with Gasteiger partial charge in [0.25, 0.3) is 5.69 Å². The van der Waals surface area contributed by atoms with Gasteiger partial charge in [-0.2, -0.15) is 4.57 Å². The van der Waals surface area contributed by atoms with Crippen LogP contribution in [-0.2, 0) is 0 Å². The highest BCUT2D eigenvalue weighted by atomic mass is 15.3. The highest BCUT2D eigenvalue weighted by molar-refractivity contribution is 6.23. The Labute approximate surface area is 144 Å².